The molecule has 7 nitrogen and oxygen atoms in total. The maximum Gasteiger partial charge on any atom is 0.251 e. The van der Waals surface area contributed by atoms with Gasteiger partial charge in [-0.1, -0.05) is 24.3 Å². The fraction of sp³-hybridized carbons (Fsp3) is 0.120. The summed E-state index contributed by atoms with van der Waals surface area (Å²) in [5.41, 5.74) is 4.99. The van der Waals surface area contributed by atoms with Crippen molar-refractivity contribution in [3.05, 3.63) is 89.6 Å². The number of amides is 1. The first-order chi connectivity index (χ1) is 16.0. The second kappa shape index (κ2) is 8.66. The van der Waals surface area contributed by atoms with Crippen LogP contribution in [0.3, 0.4) is 0 Å². The Morgan fingerprint density at radius 3 is 2.58 bits per heavy atom. The molecule has 2 aromatic carbocycles. The number of anilines is 4. The highest BCUT2D eigenvalue weighted by molar-refractivity contribution is 5.94. The van der Waals surface area contributed by atoms with Gasteiger partial charge in [-0.25, -0.2) is 9.97 Å². The molecule has 0 saturated carbocycles. The lowest BCUT2D eigenvalue weighted by Gasteiger charge is -2.12. The van der Waals surface area contributed by atoms with E-state index in [0.29, 0.717) is 29.9 Å². The molecule has 4 heterocycles. The van der Waals surface area contributed by atoms with Crippen molar-refractivity contribution in [2.75, 3.05) is 17.2 Å². The Hall–Kier alpha value is -4.33. The van der Waals surface area contributed by atoms with Crippen molar-refractivity contribution in [3.8, 4) is 11.1 Å². The molecule has 3 N–H and O–H groups in total. The third-order valence-corrected chi connectivity index (χ3v) is 5.43. The van der Waals surface area contributed by atoms with Crippen molar-refractivity contribution in [2.24, 2.45) is 0 Å². The fourth-order valence-electron chi connectivity index (χ4n) is 3.62. The number of fused-ring (bicyclic) bond motifs is 5. The number of aromatic nitrogens is 3. The Labute approximate surface area is 190 Å². The van der Waals surface area contributed by atoms with Crippen LogP contribution in [0.4, 0.5) is 27.5 Å². The minimum absolute atomic E-state index is 0.143. The molecule has 8 bridgehead atoms. The summed E-state index contributed by atoms with van der Waals surface area (Å²) < 4.78 is 14.5. The second-order valence-corrected chi connectivity index (χ2v) is 7.82. The molecule has 164 valence electrons. The average molecular weight is 440 g/mol. The SMILES string of the molecule is Cc1cnc2nc1Nc1cccc(c1)CCNC(=O)c1ccc(cc1)-c1cnc(F)c(c1)N2. The van der Waals surface area contributed by atoms with Gasteiger partial charge in [0.25, 0.3) is 5.91 Å². The molecule has 33 heavy (non-hydrogen) atoms. The van der Waals surface area contributed by atoms with Crippen LogP contribution in [0.15, 0.2) is 67.0 Å². The van der Waals surface area contributed by atoms with Gasteiger partial charge in [-0.3, -0.25) is 4.79 Å². The quantitative estimate of drug-likeness (QED) is 0.342. The zero-order valence-electron chi connectivity index (χ0n) is 17.9. The number of benzene rings is 2. The highest BCUT2D eigenvalue weighted by Crippen LogP contribution is 2.27. The zero-order valence-corrected chi connectivity index (χ0v) is 17.9. The van der Waals surface area contributed by atoms with Crippen LogP contribution >= 0.6 is 0 Å². The number of rotatable bonds is 0. The Balaban J connectivity index is 1.58. The molecule has 1 amide bonds. The van der Waals surface area contributed by atoms with Gasteiger partial charge in [0, 0.05) is 41.3 Å². The molecule has 6 rings (SSSR count). The Morgan fingerprint density at radius 1 is 0.909 bits per heavy atom. The lowest BCUT2D eigenvalue weighted by molar-refractivity contribution is 0.0954. The fourth-order valence-corrected chi connectivity index (χ4v) is 3.62. The molecule has 4 aromatic rings. The molecule has 0 radical (unpaired) electrons. The van der Waals surface area contributed by atoms with Crippen molar-refractivity contribution >= 4 is 29.0 Å². The maximum absolute atomic E-state index is 14.5. The van der Waals surface area contributed by atoms with Crippen LogP contribution in [0.25, 0.3) is 11.1 Å². The van der Waals surface area contributed by atoms with Crippen LogP contribution in [-0.4, -0.2) is 27.4 Å². The highest BCUT2D eigenvalue weighted by Gasteiger charge is 2.12. The van der Waals surface area contributed by atoms with E-state index in [1.165, 1.54) is 6.20 Å². The zero-order chi connectivity index (χ0) is 22.8. The third kappa shape index (κ3) is 4.50. The van der Waals surface area contributed by atoms with E-state index in [4.69, 9.17) is 0 Å². The molecule has 0 atom stereocenters. The van der Waals surface area contributed by atoms with Gasteiger partial charge in [-0.15, -0.1) is 0 Å². The first-order valence-corrected chi connectivity index (χ1v) is 10.6. The number of hydrogen-bond acceptors (Lipinski definition) is 6. The average Bonchev–Trinajstić information content (AvgIpc) is 2.82. The van der Waals surface area contributed by atoms with Crippen LogP contribution < -0.4 is 16.0 Å². The summed E-state index contributed by atoms with van der Waals surface area (Å²) in [5.74, 6) is 0.0538. The van der Waals surface area contributed by atoms with Crippen LogP contribution in [-0.2, 0) is 6.42 Å². The van der Waals surface area contributed by atoms with Crippen LogP contribution in [0.2, 0.25) is 0 Å². The van der Waals surface area contributed by atoms with Crippen molar-refractivity contribution in [1.82, 2.24) is 20.3 Å². The smallest absolute Gasteiger partial charge is 0.251 e. The summed E-state index contributed by atoms with van der Waals surface area (Å²) in [6.45, 7) is 2.41. The van der Waals surface area contributed by atoms with E-state index in [9.17, 15) is 9.18 Å². The summed E-state index contributed by atoms with van der Waals surface area (Å²) in [6.07, 6.45) is 3.81. The molecule has 0 unspecified atom stereocenters. The maximum atomic E-state index is 14.5. The molecular weight excluding hydrogens is 419 g/mol. The Morgan fingerprint density at radius 2 is 1.73 bits per heavy atom. The van der Waals surface area contributed by atoms with E-state index in [2.05, 4.69) is 30.9 Å². The van der Waals surface area contributed by atoms with Gasteiger partial charge in [0.05, 0.1) is 5.69 Å². The van der Waals surface area contributed by atoms with Gasteiger partial charge in [0.15, 0.2) is 0 Å². The van der Waals surface area contributed by atoms with Crippen molar-refractivity contribution in [1.29, 1.82) is 0 Å². The summed E-state index contributed by atoms with van der Waals surface area (Å²) in [4.78, 5) is 25.2. The van der Waals surface area contributed by atoms with Gasteiger partial charge < -0.3 is 16.0 Å². The lowest BCUT2D eigenvalue weighted by atomic mass is 10.0. The number of aryl methyl sites for hydroxylation is 1. The van der Waals surface area contributed by atoms with Gasteiger partial charge >= 0.3 is 0 Å². The summed E-state index contributed by atoms with van der Waals surface area (Å²) in [6, 6.07) is 16.7. The van der Waals surface area contributed by atoms with Crippen molar-refractivity contribution < 1.29 is 9.18 Å². The third-order valence-electron chi connectivity index (χ3n) is 5.43. The molecule has 0 spiro atoms. The van der Waals surface area contributed by atoms with Crippen LogP contribution in [0.5, 0.6) is 0 Å². The molecule has 0 saturated heterocycles. The van der Waals surface area contributed by atoms with E-state index in [0.717, 1.165) is 22.4 Å². The summed E-state index contributed by atoms with van der Waals surface area (Å²) in [7, 11) is 0. The first-order valence-electron chi connectivity index (χ1n) is 10.6. The van der Waals surface area contributed by atoms with E-state index in [1.54, 1.807) is 24.4 Å². The molecule has 8 heteroatoms. The predicted molar refractivity (Wildman–Crippen MR) is 125 cm³/mol. The topological polar surface area (TPSA) is 91.8 Å². The van der Waals surface area contributed by atoms with Gasteiger partial charge in [-0.2, -0.15) is 9.37 Å². The largest absolute Gasteiger partial charge is 0.352 e. The van der Waals surface area contributed by atoms with Gasteiger partial charge in [0.1, 0.15) is 5.82 Å². The second-order valence-electron chi connectivity index (χ2n) is 7.82. The summed E-state index contributed by atoms with van der Waals surface area (Å²) in [5, 5.41) is 9.20. The van der Waals surface area contributed by atoms with E-state index in [-0.39, 0.29) is 17.5 Å². The highest BCUT2D eigenvalue weighted by atomic mass is 19.1. The van der Waals surface area contributed by atoms with E-state index in [1.807, 2.05) is 43.3 Å². The lowest BCUT2D eigenvalue weighted by Crippen LogP contribution is -2.25. The number of nitrogens with one attached hydrogen (secondary N) is 3. The molecule has 2 aliphatic heterocycles. The Kier molecular flexibility index (Phi) is 5.40. The van der Waals surface area contributed by atoms with Gasteiger partial charge in [-0.05, 0) is 54.8 Å². The molecule has 0 aliphatic carbocycles. The molecule has 2 aromatic heterocycles. The summed E-state index contributed by atoms with van der Waals surface area (Å²) >= 11 is 0. The predicted octanol–water partition coefficient (Wildman–Crippen LogP) is 4.76. The number of halogens is 1. The van der Waals surface area contributed by atoms with Gasteiger partial charge in [0.2, 0.25) is 11.9 Å². The molecule has 0 fully saturated rings. The standard InChI is InChI=1S/C25H21FN6O/c1-15-13-29-25-31-21-12-19(14-28-22(21)26)17-5-7-18(8-6-17)24(33)27-10-9-16-3-2-4-20(11-16)30-23(15)32-25/h2-8,11-14H,9-10H2,1H3,(H,27,33)(H2,29,30,31,32). The minimum Gasteiger partial charge on any atom is -0.352 e. The number of carbonyl (C=O) groups excluding carboxylic acids is 1. The first kappa shape index (κ1) is 20.6. The van der Waals surface area contributed by atoms with Crippen molar-refractivity contribution in [3.63, 3.8) is 0 Å². The van der Waals surface area contributed by atoms with E-state index < -0.39 is 5.95 Å². The normalized spacial score (nSPS) is 13.1. The number of carbonyl (C=O) groups is 1. The number of nitrogens with zero attached hydrogens (tertiary/aromatic N) is 3. The van der Waals surface area contributed by atoms with Crippen LogP contribution in [0, 0.1) is 12.9 Å². The van der Waals surface area contributed by atoms with E-state index >= 15 is 0 Å². The van der Waals surface area contributed by atoms with Crippen molar-refractivity contribution in [2.45, 2.75) is 13.3 Å². The molecular formula is C25H21FN6O. The van der Waals surface area contributed by atoms with Crippen LogP contribution in [0.1, 0.15) is 21.5 Å². The Bertz CT molecular complexity index is 1340. The molecule has 2 aliphatic rings. The monoisotopic (exact) mass is 440 g/mol. The minimum atomic E-state index is -0.660. The number of pyridine rings is 1. The number of hydrogen-bond donors (Lipinski definition) is 3.